The number of benzene rings is 1. The first-order valence-corrected chi connectivity index (χ1v) is 13.4. The molecule has 5 rings (SSSR count). The molecule has 11 heteroatoms. The van der Waals surface area contributed by atoms with Gasteiger partial charge in [-0.3, -0.25) is 25.3 Å². The van der Waals surface area contributed by atoms with Crippen molar-refractivity contribution in [2.24, 2.45) is 11.3 Å². The smallest absolute Gasteiger partial charge is 0.407 e. The molecule has 2 saturated carbocycles. The molecule has 2 heterocycles. The molecule has 0 aromatic heterocycles. The van der Waals surface area contributed by atoms with E-state index in [1.54, 1.807) is 25.7 Å². The zero-order chi connectivity index (χ0) is 27.1. The molecule has 2 aliphatic heterocycles. The van der Waals surface area contributed by atoms with Crippen LogP contribution in [0.5, 0.6) is 0 Å². The van der Waals surface area contributed by atoms with E-state index in [-0.39, 0.29) is 54.3 Å². The summed E-state index contributed by atoms with van der Waals surface area (Å²) in [6.07, 6.45) is 3.58. The number of carbonyl (C=O) groups excluding carboxylic acids is 4. The van der Waals surface area contributed by atoms with Crippen LogP contribution in [0.15, 0.2) is 30.3 Å². The second-order valence-electron chi connectivity index (χ2n) is 12.0. The second kappa shape index (κ2) is 10.1. The summed E-state index contributed by atoms with van der Waals surface area (Å²) in [7, 11) is 0. The van der Waals surface area contributed by atoms with Crippen molar-refractivity contribution in [3.8, 4) is 0 Å². The van der Waals surface area contributed by atoms with Gasteiger partial charge in [-0.05, 0) is 69.8 Å². The number of hydroxylamine groups is 2. The van der Waals surface area contributed by atoms with Gasteiger partial charge in [0, 0.05) is 19.0 Å². The van der Waals surface area contributed by atoms with Crippen LogP contribution in [0.25, 0.3) is 0 Å². The second-order valence-corrected chi connectivity index (χ2v) is 12.0. The number of hydrogen-bond donors (Lipinski definition) is 3. The molecule has 11 nitrogen and oxygen atoms in total. The highest BCUT2D eigenvalue weighted by Crippen LogP contribution is 2.59. The van der Waals surface area contributed by atoms with Gasteiger partial charge in [0.05, 0.1) is 6.04 Å². The Balaban J connectivity index is 1.07. The summed E-state index contributed by atoms with van der Waals surface area (Å²) in [5.74, 6) is -0.568. The molecule has 2 aliphatic carbocycles. The van der Waals surface area contributed by atoms with Crippen LogP contribution >= 0.6 is 0 Å². The Kier molecular flexibility index (Phi) is 6.97. The Morgan fingerprint density at radius 3 is 2.45 bits per heavy atom. The van der Waals surface area contributed by atoms with Crippen LogP contribution in [0.1, 0.15) is 64.9 Å². The number of carbonyl (C=O) groups is 4. The van der Waals surface area contributed by atoms with E-state index in [0.717, 1.165) is 18.4 Å². The minimum Gasteiger partial charge on any atom is -0.444 e. The van der Waals surface area contributed by atoms with Crippen molar-refractivity contribution in [2.45, 2.75) is 89.6 Å². The van der Waals surface area contributed by atoms with Gasteiger partial charge in [0.15, 0.2) is 0 Å². The summed E-state index contributed by atoms with van der Waals surface area (Å²) in [4.78, 5) is 58.0. The number of nitrogens with one attached hydrogen (secondary N) is 3. The maximum atomic E-state index is 13.2. The van der Waals surface area contributed by atoms with Crippen LogP contribution in [0.3, 0.4) is 0 Å². The van der Waals surface area contributed by atoms with Gasteiger partial charge >= 0.3 is 12.1 Å². The van der Waals surface area contributed by atoms with Gasteiger partial charge < -0.3 is 15.0 Å². The molecule has 4 aliphatic rings. The maximum absolute atomic E-state index is 13.2. The number of amides is 5. The van der Waals surface area contributed by atoms with Gasteiger partial charge in [-0.15, -0.1) is 0 Å². The lowest BCUT2D eigenvalue weighted by Gasteiger charge is -2.36. The maximum Gasteiger partial charge on any atom is 0.407 e. The predicted octanol–water partition coefficient (Wildman–Crippen LogP) is 2.62. The topological polar surface area (TPSA) is 129 Å². The molecule has 1 unspecified atom stereocenters. The number of hydrazine groups is 1. The molecule has 3 N–H and O–H groups in total. The van der Waals surface area contributed by atoms with Gasteiger partial charge in [0.1, 0.15) is 18.2 Å². The fourth-order valence-electron chi connectivity index (χ4n) is 5.75. The zero-order valence-corrected chi connectivity index (χ0v) is 22.2. The molecule has 1 spiro atoms. The lowest BCUT2D eigenvalue weighted by molar-refractivity contribution is -0.153. The Morgan fingerprint density at radius 2 is 1.79 bits per heavy atom. The van der Waals surface area contributed by atoms with Crippen LogP contribution in [-0.2, 0) is 25.8 Å². The lowest BCUT2D eigenvalue weighted by Crippen LogP contribution is -2.56. The molecule has 1 aromatic carbocycles. The highest BCUT2D eigenvalue weighted by molar-refractivity contribution is 5.90. The standard InChI is InChI=1S/C27H37N5O6/c1-26(2,3)38-24(35)28-19-11-18(12-19)13-22(33)29-30-23(34)20-14-27(9-10-27)21-15-31(20)25(36)32(21)37-16-17-7-5-4-6-8-17/h4-8,18-21H,9-16H2,1-3H3,(H,28,35)(H,29,33)(H,30,34)/t18?,19?,20?,21-/m1/s1. The summed E-state index contributed by atoms with van der Waals surface area (Å²) < 4.78 is 5.26. The number of urea groups is 1. The van der Waals surface area contributed by atoms with Crippen LogP contribution < -0.4 is 16.2 Å². The van der Waals surface area contributed by atoms with E-state index in [1.165, 1.54) is 5.06 Å². The Morgan fingerprint density at radius 1 is 1.08 bits per heavy atom. The Labute approximate surface area is 222 Å². The number of hydrogen-bond acceptors (Lipinski definition) is 6. The molecular weight excluding hydrogens is 490 g/mol. The number of piperidine rings is 1. The zero-order valence-electron chi connectivity index (χ0n) is 22.2. The van der Waals surface area contributed by atoms with Crippen molar-refractivity contribution in [1.82, 2.24) is 26.1 Å². The van der Waals surface area contributed by atoms with E-state index >= 15 is 0 Å². The fraction of sp³-hybridized carbons (Fsp3) is 0.630. The summed E-state index contributed by atoms with van der Waals surface area (Å²) in [5, 5.41) is 4.27. The highest BCUT2D eigenvalue weighted by Gasteiger charge is 2.64. The monoisotopic (exact) mass is 527 g/mol. The third kappa shape index (κ3) is 5.72. The number of nitrogens with zero attached hydrogens (tertiary/aromatic N) is 2. The highest BCUT2D eigenvalue weighted by atomic mass is 16.7. The third-order valence-electron chi connectivity index (χ3n) is 7.93. The Hall–Kier alpha value is -3.34. The average molecular weight is 528 g/mol. The summed E-state index contributed by atoms with van der Waals surface area (Å²) >= 11 is 0. The largest absolute Gasteiger partial charge is 0.444 e. The van der Waals surface area contributed by atoms with E-state index in [0.29, 0.717) is 25.8 Å². The van der Waals surface area contributed by atoms with Crippen LogP contribution in [0.4, 0.5) is 9.59 Å². The molecule has 2 saturated heterocycles. The van der Waals surface area contributed by atoms with Gasteiger partial charge in [-0.25, -0.2) is 9.59 Å². The van der Waals surface area contributed by atoms with E-state index in [9.17, 15) is 19.2 Å². The first-order chi connectivity index (χ1) is 18.0. The molecule has 38 heavy (non-hydrogen) atoms. The fourth-order valence-corrected chi connectivity index (χ4v) is 5.75. The number of ether oxygens (including phenoxy) is 1. The summed E-state index contributed by atoms with van der Waals surface area (Å²) in [6, 6.07) is 8.62. The minimum atomic E-state index is -0.655. The van der Waals surface area contributed by atoms with Gasteiger partial charge in [-0.2, -0.15) is 5.06 Å². The molecule has 1 aromatic rings. The van der Waals surface area contributed by atoms with Gasteiger partial charge in [0.25, 0.3) is 5.91 Å². The van der Waals surface area contributed by atoms with E-state index in [1.807, 2.05) is 30.3 Å². The molecule has 2 atom stereocenters. The van der Waals surface area contributed by atoms with Crippen molar-refractivity contribution in [3.63, 3.8) is 0 Å². The molecule has 206 valence electrons. The minimum absolute atomic E-state index is 0.0182. The third-order valence-corrected chi connectivity index (χ3v) is 7.93. The van der Waals surface area contributed by atoms with Crippen molar-refractivity contribution >= 4 is 23.9 Å². The lowest BCUT2D eigenvalue weighted by atomic mass is 9.78. The molecular formula is C27H37N5O6. The average Bonchev–Trinajstić information content (AvgIpc) is 3.54. The first-order valence-electron chi connectivity index (χ1n) is 13.4. The first kappa shape index (κ1) is 26.3. The number of rotatable bonds is 7. The van der Waals surface area contributed by atoms with Crippen LogP contribution in [-0.4, -0.2) is 64.2 Å². The van der Waals surface area contributed by atoms with Gasteiger partial charge in [0.2, 0.25) is 5.91 Å². The van der Waals surface area contributed by atoms with E-state index in [4.69, 9.17) is 9.57 Å². The van der Waals surface area contributed by atoms with Crippen molar-refractivity contribution in [1.29, 1.82) is 0 Å². The summed E-state index contributed by atoms with van der Waals surface area (Å²) in [6.45, 7) is 6.14. The van der Waals surface area contributed by atoms with Gasteiger partial charge in [-0.1, -0.05) is 30.3 Å². The Bertz CT molecular complexity index is 1080. The molecule has 5 amide bonds. The van der Waals surface area contributed by atoms with Crippen molar-refractivity contribution in [2.75, 3.05) is 6.54 Å². The normalized spacial score (nSPS) is 27.0. The van der Waals surface area contributed by atoms with Crippen LogP contribution in [0.2, 0.25) is 0 Å². The van der Waals surface area contributed by atoms with E-state index in [2.05, 4.69) is 16.2 Å². The number of alkyl carbamates (subject to hydrolysis) is 1. The molecule has 2 bridgehead atoms. The summed E-state index contributed by atoms with van der Waals surface area (Å²) in [5.41, 5.74) is 5.34. The SMILES string of the molecule is CC(C)(C)OC(=O)NC1CC(CC(=O)NNC(=O)C2CC3(CC3)[C@H]3CN2C(=O)N3OCc2ccccc2)C1. The van der Waals surface area contributed by atoms with E-state index < -0.39 is 17.7 Å². The number of fused-ring (bicyclic) bond motifs is 3. The van der Waals surface area contributed by atoms with Crippen molar-refractivity contribution < 1.29 is 28.8 Å². The van der Waals surface area contributed by atoms with Crippen molar-refractivity contribution in [3.05, 3.63) is 35.9 Å². The molecule has 0 radical (unpaired) electrons. The quantitative estimate of drug-likeness (QED) is 0.468. The van der Waals surface area contributed by atoms with Crippen LogP contribution in [0, 0.1) is 11.3 Å². The predicted molar refractivity (Wildman–Crippen MR) is 136 cm³/mol. The molecule has 4 fully saturated rings.